The summed E-state index contributed by atoms with van der Waals surface area (Å²) in [6, 6.07) is 9.47. The van der Waals surface area contributed by atoms with Crippen molar-refractivity contribution in [3.63, 3.8) is 0 Å². The predicted molar refractivity (Wildman–Crippen MR) is 78.8 cm³/mol. The summed E-state index contributed by atoms with van der Waals surface area (Å²) in [6.45, 7) is 3.45. The number of hydrogen-bond donors (Lipinski definition) is 1. The van der Waals surface area contributed by atoms with Crippen LogP contribution < -0.4 is 5.56 Å². The number of rotatable bonds is 2. The van der Waals surface area contributed by atoms with E-state index in [0.29, 0.717) is 5.56 Å². The molecule has 3 rings (SSSR count). The van der Waals surface area contributed by atoms with Crippen LogP contribution in [0.2, 0.25) is 0 Å². The van der Waals surface area contributed by atoms with Crippen LogP contribution >= 0.6 is 0 Å². The molecule has 4 nitrogen and oxygen atoms in total. The third-order valence-corrected chi connectivity index (χ3v) is 4.04. The fraction of sp³-hybridized carbons (Fsp3) is 0.375. The quantitative estimate of drug-likeness (QED) is 0.910. The number of carbonyl (C=O) groups is 1. The Morgan fingerprint density at radius 1 is 1.25 bits per heavy atom. The minimum atomic E-state index is -0.388. The van der Waals surface area contributed by atoms with E-state index in [-0.39, 0.29) is 17.4 Å². The molecule has 4 heteroatoms. The number of aromatic amines is 1. The number of aromatic nitrogens is 1. The van der Waals surface area contributed by atoms with E-state index in [1.54, 1.807) is 0 Å². The molecule has 1 aliphatic rings. The standard InChI is InChI=1S/C16H18N2O2/c1-11(16(20)18-8-4-5-9-18)13-10-12-6-2-3-7-14(12)17-15(13)19/h2-3,6-7,10-11H,4-5,8-9H2,1H3,(H,17,19). The number of carbonyl (C=O) groups excluding carboxylic acids is 1. The number of likely N-dealkylation sites (tertiary alicyclic amines) is 1. The van der Waals surface area contributed by atoms with Crippen LogP contribution in [0.15, 0.2) is 35.1 Å². The Hall–Kier alpha value is -2.10. The van der Waals surface area contributed by atoms with Crippen LogP contribution in [-0.4, -0.2) is 28.9 Å². The van der Waals surface area contributed by atoms with Crippen LogP contribution in [0.1, 0.15) is 31.2 Å². The van der Waals surface area contributed by atoms with Gasteiger partial charge < -0.3 is 9.88 Å². The van der Waals surface area contributed by atoms with Gasteiger partial charge in [0.15, 0.2) is 0 Å². The van der Waals surface area contributed by atoms with Gasteiger partial charge in [0.1, 0.15) is 0 Å². The predicted octanol–water partition coefficient (Wildman–Crippen LogP) is 2.25. The molecule has 0 aliphatic carbocycles. The van der Waals surface area contributed by atoms with E-state index >= 15 is 0 Å². The first-order valence-corrected chi connectivity index (χ1v) is 7.07. The van der Waals surface area contributed by atoms with Gasteiger partial charge >= 0.3 is 0 Å². The first kappa shape index (κ1) is 12.9. The molecule has 20 heavy (non-hydrogen) atoms. The first-order valence-electron chi connectivity index (χ1n) is 7.07. The second kappa shape index (κ2) is 5.12. The molecule has 0 saturated carbocycles. The van der Waals surface area contributed by atoms with Crippen molar-refractivity contribution in [2.75, 3.05) is 13.1 Å². The molecule has 1 saturated heterocycles. The minimum Gasteiger partial charge on any atom is -0.342 e. The first-order chi connectivity index (χ1) is 9.66. The summed E-state index contributed by atoms with van der Waals surface area (Å²) in [5.74, 6) is -0.329. The molecule has 1 atom stereocenters. The van der Waals surface area contributed by atoms with Gasteiger partial charge in [-0.15, -0.1) is 0 Å². The van der Waals surface area contributed by atoms with E-state index in [1.165, 1.54) is 0 Å². The molecular weight excluding hydrogens is 252 g/mol. The molecule has 1 amide bonds. The van der Waals surface area contributed by atoms with Crippen molar-refractivity contribution >= 4 is 16.8 Å². The average Bonchev–Trinajstić information content (AvgIpc) is 2.99. The van der Waals surface area contributed by atoms with Gasteiger partial charge in [-0.2, -0.15) is 0 Å². The van der Waals surface area contributed by atoms with Crippen LogP contribution in [0.3, 0.4) is 0 Å². The van der Waals surface area contributed by atoms with Crippen LogP contribution in [0, 0.1) is 0 Å². The summed E-state index contributed by atoms with van der Waals surface area (Å²) >= 11 is 0. The Labute approximate surface area is 117 Å². The molecular formula is C16H18N2O2. The van der Waals surface area contributed by atoms with Gasteiger partial charge in [-0.1, -0.05) is 18.2 Å². The van der Waals surface area contributed by atoms with Gasteiger partial charge in [-0.25, -0.2) is 0 Å². The Morgan fingerprint density at radius 2 is 1.95 bits per heavy atom. The van der Waals surface area contributed by atoms with Crippen LogP contribution in [-0.2, 0) is 4.79 Å². The van der Waals surface area contributed by atoms with Crippen molar-refractivity contribution < 1.29 is 4.79 Å². The number of fused-ring (bicyclic) bond motifs is 1. The maximum absolute atomic E-state index is 12.4. The Kier molecular flexibility index (Phi) is 3.30. The van der Waals surface area contributed by atoms with Crippen LogP contribution in [0.4, 0.5) is 0 Å². The fourth-order valence-electron chi connectivity index (χ4n) is 2.83. The van der Waals surface area contributed by atoms with Crippen molar-refractivity contribution in [2.24, 2.45) is 0 Å². The second-order valence-electron chi connectivity index (χ2n) is 5.40. The van der Waals surface area contributed by atoms with E-state index in [1.807, 2.05) is 42.2 Å². The number of amides is 1. The van der Waals surface area contributed by atoms with Gasteiger partial charge in [-0.05, 0) is 37.3 Å². The van der Waals surface area contributed by atoms with Gasteiger partial charge in [-0.3, -0.25) is 9.59 Å². The minimum absolute atomic E-state index is 0.0586. The Morgan fingerprint density at radius 3 is 2.70 bits per heavy atom. The van der Waals surface area contributed by atoms with Crippen molar-refractivity contribution in [3.05, 3.63) is 46.2 Å². The van der Waals surface area contributed by atoms with E-state index in [4.69, 9.17) is 0 Å². The number of pyridine rings is 1. The third kappa shape index (κ3) is 2.22. The van der Waals surface area contributed by atoms with E-state index in [0.717, 1.165) is 36.8 Å². The highest BCUT2D eigenvalue weighted by Crippen LogP contribution is 2.20. The second-order valence-corrected chi connectivity index (χ2v) is 5.40. The summed E-state index contributed by atoms with van der Waals surface area (Å²) < 4.78 is 0. The zero-order chi connectivity index (χ0) is 14.1. The summed E-state index contributed by atoms with van der Waals surface area (Å²) in [5.41, 5.74) is 1.20. The molecule has 1 aromatic heterocycles. The number of benzene rings is 1. The number of H-pyrrole nitrogens is 1. The van der Waals surface area contributed by atoms with Gasteiger partial charge in [0.25, 0.3) is 5.56 Å². The number of nitrogens with zero attached hydrogens (tertiary/aromatic N) is 1. The highest BCUT2D eigenvalue weighted by molar-refractivity contribution is 5.86. The lowest BCUT2D eigenvalue weighted by atomic mass is 9.99. The molecule has 0 bridgehead atoms. The monoisotopic (exact) mass is 270 g/mol. The number of nitrogens with one attached hydrogen (secondary N) is 1. The van der Waals surface area contributed by atoms with Crippen LogP contribution in [0.5, 0.6) is 0 Å². The topological polar surface area (TPSA) is 53.2 Å². The number of hydrogen-bond acceptors (Lipinski definition) is 2. The van der Waals surface area contributed by atoms with E-state index in [2.05, 4.69) is 4.98 Å². The zero-order valence-electron chi connectivity index (χ0n) is 11.6. The van der Waals surface area contributed by atoms with E-state index < -0.39 is 0 Å². The Bertz CT molecular complexity index is 699. The summed E-state index contributed by atoms with van der Waals surface area (Å²) in [6.07, 6.45) is 2.12. The molecule has 1 N–H and O–H groups in total. The fourth-order valence-corrected chi connectivity index (χ4v) is 2.83. The summed E-state index contributed by atoms with van der Waals surface area (Å²) in [5, 5.41) is 0.961. The molecule has 104 valence electrons. The molecule has 2 heterocycles. The zero-order valence-corrected chi connectivity index (χ0v) is 11.6. The lowest BCUT2D eigenvalue weighted by molar-refractivity contribution is -0.131. The molecule has 1 aliphatic heterocycles. The van der Waals surface area contributed by atoms with Crippen molar-refractivity contribution in [1.29, 1.82) is 0 Å². The van der Waals surface area contributed by atoms with Crippen LogP contribution in [0.25, 0.3) is 10.9 Å². The lowest BCUT2D eigenvalue weighted by Gasteiger charge is -2.20. The maximum Gasteiger partial charge on any atom is 0.252 e. The van der Waals surface area contributed by atoms with Crippen molar-refractivity contribution in [1.82, 2.24) is 9.88 Å². The van der Waals surface area contributed by atoms with Gasteiger partial charge in [0, 0.05) is 24.2 Å². The maximum atomic E-state index is 12.4. The third-order valence-electron chi connectivity index (χ3n) is 4.04. The van der Waals surface area contributed by atoms with Gasteiger partial charge in [0.05, 0.1) is 5.92 Å². The summed E-state index contributed by atoms with van der Waals surface area (Å²) in [7, 11) is 0. The largest absolute Gasteiger partial charge is 0.342 e. The molecule has 1 unspecified atom stereocenters. The lowest BCUT2D eigenvalue weighted by Crippen LogP contribution is -2.33. The highest BCUT2D eigenvalue weighted by atomic mass is 16.2. The SMILES string of the molecule is CC(C(=O)N1CCCC1)c1cc2ccccc2[nH]c1=O. The van der Waals surface area contributed by atoms with Crippen molar-refractivity contribution in [3.8, 4) is 0 Å². The molecule has 2 aromatic rings. The summed E-state index contributed by atoms with van der Waals surface area (Å²) in [4.78, 5) is 29.3. The smallest absolute Gasteiger partial charge is 0.252 e. The van der Waals surface area contributed by atoms with Crippen molar-refractivity contribution in [2.45, 2.75) is 25.7 Å². The molecule has 0 radical (unpaired) electrons. The molecule has 1 fully saturated rings. The average molecular weight is 270 g/mol. The normalized spacial score (nSPS) is 16.6. The van der Waals surface area contributed by atoms with E-state index in [9.17, 15) is 9.59 Å². The van der Waals surface area contributed by atoms with Gasteiger partial charge in [0.2, 0.25) is 5.91 Å². The number of para-hydroxylation sites is 1. The molecule has 0 spiro atoms. The molecule has 1 aromatic carbocycles. The highest BCUT2D eigenvalue weighted by Gasteiger charge is 2.26. The Balaban J connectivity index is 1.98.